The number of fused-ring (bicyclic) bond motifs is 1. The van der Waals surface area contributed by atoms with E-state index in [2.05, 4.69) is 21.2 Å². The van der Waals surface area contributed by atoms with E-state index in [1.165, 1.54) is 0 Å². The van der Waals surface area contributed by atoms with Crippen LogP contribution in [0.5, 0.6) is 0 Å². The third kappa shape index (κ3) is 3.82. The van der Waals surface area contributed by atoms with Crippen LogP contribution in [-0.2, 0) is 0 Å². The Morgan fingerprint density at radius 2 is 1.96 bits per heavy atom. The maximum absolute atomic E-state index is 12.6. The van der Waals surface area contributed by atoms with Gasteiger partial charge in [0, 0.05) is 21.9 Å². The van der Waals surface area contributed by atoms with Crippen molar-refractivity contribution in [3.05, 3.63) is 44.2 Å². The number of nitrogens with two attached hydrogens (primary N) is 1. The molecule has 0 atom stereocenters. The van der Waals surface area contributed by atoms with Crippen molar-refractivity contribution in [1.82, 2.24) is 5.32 Å². The highest BCUT2D eigenvalue weighted by Crippen LogP contribution is 2.24. The number of hydrogen-bond donors (Lipinski definition) is 2. The summed E-state index contributed by atoms with van der Waals surface area (Å²) >= 11 is 3.40. The number of aryl methyl sites for hydroxylation is 1. The van der Waals surface area contributed by atoms with Crippen LogP contribution in [0.15, 0.2) is 31.9 Å². The van der Waals surface area contributed by atoms with Crippen LogP contribution in [0, 0.1) is 6.92 Å². The first-order valence-electron chi connectivity index (χ1n) is 7.75. The lowest BCUT2D eigenvalue weighted by Gasteiger charge is -2.26. The van der Waals surface area contributed by atoms with Crippen LogP contribution in [0.3, 0.4) is 0 Å². The van der Waals surface area contributed by atoms with Gasteiger partial charge in [-0.25, -0.2) is 4.79 Å². The SMILES string of the molecule is Cc1c(C(=O)NC2CCC(N)CC2)c(=O)oc2ccc(Br)cc12.Cl. The summed E-state index contributed by atoms with van der Waals surface area (Å²) in [4.78, 5) is 24.8. The third-order valence-corrected chi connectivity index (χ3v) is 4.95. The molecule has 1 aromatic heterocycles. The molecule has 2 aromatic rings. The molecule has 0 aliphatic heterocycles. The van der Waals surface area contributed by atoms with E-state index in [0.717, 1.165) is 35.5 Å². The minimum Gasteiger partial charge on any atom is -0.422 e. The highest BCUT2D eigenvalue weighted by Gasteiger charge is 2.24. The molecule has 3 N–H and O–H groups in total. The van der Waals surface area contributed by atoms with E-state index in [4.69, 9.17) is 10.2 Å². The molecule has 1 aliphatic carbocycles. The number of nitrogens with one attached hydrogen (secondary N) is 1. The number of halogens is 2. The van der Waals surface area contributed by atoms with Crippen LogP contribution < -0.4 is 16.7 Å². The summed E-state index contributed by atoms with van der Waals surface area (Å²) in [5.41, 5.74) is 6.50. The van der Waals surface area contributed by atoms with Gasteiger partial charge in [-0.15, -0.1) is 12.4 Å². The maximum atomic E-state index is 12.6. The number of benzene rings is 1. The van der Waals surface area contributed by atoms with Gasteiger partial charge in [-0.3, -0.25) is 4.79 Å². The molecule has 3 rings (SSSR count). The summed E-state index contributed by atoms with van der Waals surface area (Å²) in [6.45, 7) is 1.78. The third-order valence-electron chi connectivity index (χ3n) is 4.46. The van der Waals surface area contributed by atoms with Gasteiger partial charge < -0.3 is 15.5 Å². The van der Waals surface area contributed by atoms with Gasteiger partial charge in [-0.1, -0.05) is 15.9 Å². The van der Waals surface area contributed by atoms with Gasteiger partial charge in [0.15, 0.2) is 0 Å². The molecule has 1 saturated carbocycles. The van der Waals surface area contributed by atoms with E-state index < -0.39 is 5.63 Å². The number of amides is 1. The highest BCUT2D eigenvalue weighted by atomic mass is 79.9. The second-order valence-corrected chi connectivity index (χ2v) is 7.03. The quantitative estimate of drug-likeness (QED) is 0.737. The monoisotopic (exact) mass is 414 g/mol. The molecule has 0 spiro atoms. The van der Waals surface area contributed by atoms with Gasteiger partial charge in [0.05, 0.1) is 0 Å². The average Bonchev–Trinajstić information content (AvgIpc) is 2.50. The van der Waals surface area contributed by atoms with Gasteiger partial charge in [-0.05, 0) is 56.4 Å². The first kappa shape index (κ1) is 19.0. The van der Waals surface area contributed by atoms with Crippen molar-refractivity contribution in [3.63, 3.8) is 0 Å². The van der Waals surface area contributed by atoms with Crippen LogP contribution in [0.25, 0.3) is 11.0 Å². The summed E-state index contributed by atoms with van der Waals surface area (Å²) in [6.07, 6.45) is 3.47. The van der Waals surface area contributed by atoms with Crippen molar-refractivity contribution < 1.29 is 9.21 Å². The fourth-order valence-electron chi connectivity index (χ4n) is 3.11. The second kappa shape index (κ2) is 7.68. The topological polar surface area (TPSA) is 85.3 Å². The van der Waals surface area contributed by atoms with E-state index in [9.17, 15) is 9.59 Å². The van der Waals surface area contributed by atoms with Crippen molar-refractivity contribution in [2.24, 2.45) is 5.73 Å². The van der Waals surface area contributed by atoms with Gasteiger partial charge in [0.25, 0.3) is 5.91 Å². The number of carbonyl (C=O) groups is 1. The summed E-state index contributed by atoms with van der Waals surface area (Å²) in [5, 5.41) is 3.71. The Bertz CT molecular complexity index is 813. The van der Waals surface area contributed by atoms with Crippen LogP contribution in [0.4, 0.5) is 0 Å². The average molecular weight is 416 g/mol. The number of rotatable bonds is 2. The summed E-state index contributed by atoms with van der Waals surface area (Å²) in [7, 11) is 0. The Balaban J connectivity index is 0.00000208. The summed E-state index contributed by atoms with van der Waals surface area (Å²) < 4.78 is 6.17. The molecular formula is C17H20BrClN2O3. The molecule has 0 unspecified atom stereocenters. The first-order chi connectivity index (χ1) is 11.0. The van der Waals surface area contributed by atoms with E-state index in [0.29, 0.717) is 11.1 Å². The van der Waals surface area contributed by atoms with Crippen molar-refractivity contribution in [2.45, 2.75) is 44.7 Å². The van der Waals surface area contributed by atoms with Crippen LogP contribution in [0.1, 0.15) is 41.6 Å². The van der Waals surface area contributed by atoms with Crippen LogP contribution >= 0.6 is 28.3 Å². The smallest absolute Gasteiger partial charge is 0.349 e. The van der Waals surface area contributed by atoms with Crippen LogP contribution in [0.2, 0.25) is 0 Å². The molecule has 0 bridgehead atoms. The van der Waals surface area contributed by atoms with Gasteiger partial charge in [0.2, 0.25) is 0 Å². The van der Waals surface area contributed by atoms with E-state index in [1.54, 1.807) is 19.1 Å². The molecule has 130 valence electrons. The lowest BCUT2D eigenvalue weighted by Crippen LogP contribution is -2.42. The Labute approximate surface area is 154 Å². The summed E-state index contributed by atoms with van der Waals surface area (Å²) in [6, 6.07) is 5.66. The Morgan fingerprint density at radius 1 is 1.29 bits per heavy atom. The normalized spacial score (nSPS) is 20.5. The maximum Gasteiger partial charge on any atom is 0.349 e. The Kier molecular flexibility index (Phi) is 6.06. The van der Waals surface area contributed by atoms with Crippen molar-refractivity contribution in [2.75, 3.05) is 0 Å². The predicted molar refractivity (Wildman–Crippen MR) is 99.9 cm³/mol. The minimum atomic E-state index is -0.595. The van der Waals surface area contributed by atoms with Crippen molar-refractivity contribution >= 4 is 45.2 Å². The lowest BCUT2D eigenvalue weighted by atomic mass is 9.91. The number of hydrogen-bond acceptors (Lipinski definition) is 4. The largest absolute Gasteiger partial charge is 0.422 e. The molecule has 5 nitrogen and oxygen atoms in total. The Morgan fingerprint density at radius 3 is 2.62 bits per heavy atom. The van der Waals surface area contributed by atoms with Crippen molar-refractivity contribution in [1.29, 1.82) is 0 Å². The standard InChI is InChI=1S/C17H19BrN2O3.ClH/c1-9-13-8-10(18)2-7-14(13)23-17(22)15(9)16(21)20-12-5-3-11(19)4-6-12;/h2,7-8,11-12H,3-6,19H2,1H3,(H,20,21);1H. The zero-order chi connectivity index (χ0) is 16.6. The molecular weight excluding hydrogens is 396 g/mol. The predicted octanol–water partition coefficient (Wildman–Crippen LogP) is 3.29. The fraction of sp³-hybridized carbons (Fsp3) is 0.412. The molecule has 24 heavy (non-hydrogen) atoms. The molecule has 0 radical (unpaired) electrons. The number of carbonyl (C=O) groups excluding carboxylic acids is 1. The molecule has 1 amide bonds. The minimum absolute atomic E-state index is 0. The molecule has 1 fully saturated rings. The molecule has 0 saturated heterocycles. The summed E-state index contributed by atoms with van der Waals surface area (Å²) in [5.74, 6) is -0.362. The van der Waals surface area contributed by atoms with Crippen LogP contribution in [-0.4, -0.2) is 18.0 Å². The zero-order valence-electron chi connectivity index (χ0n) is 13.3. The van der Waals surface area contributed by atoms with E-state index in [1.807, 2.05) is 6.07 Å². The van der Waals surface area contributed by atoms with Gasteiger partial charge >= 0.3 is 5.63 Å². The van der Waals surface area contributed by atoms with Crippen molar-refractivity contribution in [3.8, 4) is 0 Å². The molecule has 1 aromatic carbocycles. The zero-order valence-corrected chi connectivity index (χ0v) is 15.7. The molecule has 7 heteroatoms. The first-order valence-corrected chi connectivity index (χ1v) is 8.54. The van der Waals surface area contributed by atoms with E-state index in [-0.39, 0.29) is 36.0 Å². The highest BCUT2D eigenvalue weighted by molar-refractivity contribution is 9.10. The lowest BCUT2D eigenvalue weighted by molar-refractivity contribution is 0.0921. The van der Waals surface area contributed by atoms with E-state index >= 15 is 0 Å². The Hall–Kier alpha value is -1.37. The molecule has 1 heterocycles. The molecule has 1 aliphatic rings. The van der Waals surface area contributed by atoms with Gasteiger partial charge in [0.1, 0.15) is 11.1 Å². The van der Waals surface area contributed by atoms with Gasteiger partial charge in [-0.2, -0.15) is 0 Å². The second-order valence-electron chi connectivity index (χ2n) is 6.12. The fourth-order valence-corrected chi connectivity index (χ4v) is 3.47.